The second-order valence-corrected chi connectivity index (χ2v) is 8.44. The largest absolute Gasteiger partial charge is 0.508 e. The van der Waals surface area contributed by atoms with Crippen LogP contribution < -0.4 is 10.5 Å². The van der Waals surface area contributed by atoms with E-state index < -0.39 is 0 Å². The first-order chi connectivity index (χ1) is 16.6. The fourth-order valence-electron chi connectivity index (χ4n) is 4.09. The van der Waals surface area contributed by atoms with Crippen LogP contribution in [0.25, 0.3) is 33.3 Å². The minimum absolute atomic E-state index is 0.132. The van der Waals surface area contributed by atoms with Crippen LogP contribution in [0.3, 0.4) is 0 Å². The van der Waals surface area contributed by atoms with Gasteiger partial charge in [0.1, 0.15) is 18.1 Å². The van der Waals surface area contributed by atoms with Crippen LogP contribution in [0.2, 0.25) is 0 Å². The lowest BCUT2D eigenvalue weighted by Crippen LogP contribution is -2.30. The van der Waals surface area contributed by atoms with E-state index in [-0.39, 0.29) is 11.8 Å². The summed E-state index contributed by atoms with van der Waals surface area (Å²) in [6.45, 7) is 2.36. The highest BCUT2D eigenvalue weighted by Gasteiger charge is 2.14. The van der Waals surface area contributed by atoms with Gasteiger partial charge in [-0.3, -0.25) is 10.1 Å². The summed E-state index contributed by atoms with van der Waals surface area (Å²) in [6, 6.07) is 25.3. The van der Waals surface area contributed by atoms with Crippen molar-refractivity contribution in [3.05, 3.63) is 96.3 Å². The van der Waals surface area contributed by atoms with Crippen LogP contribution in [-0.4, -0.2) is 32.9 Å². The number of fused-ring (bicyclic) bond motifs is 1. The topological polar surface area (TPSA) is 97.0 Å². The van der Waals surface area contributed by atoms with Gasteiger partial charge in [-0.15, -0.1) is 0 Å². The van der Waals surface area contributed by atoms with E-state index in [0.29, 0.717) is 12.4 Å². The Labute approximate surface area is 198 Å². The van der Waals surface area contributed by atoms with Gasteiger partial charge < -0.3 is 15.6 Å². The lowest BCUT2D eigenvalue weighted by atomic mass is 9.97. The first-order valence-corrected chi connectivity index (χ1v) is 11.2. The molecular formula is C28H26N4O2. The molecule has 0 radical (unpaired) electrons. The average molecular weight is 451 g/mol. The van der Waals surface area contributed by atoms with Gasteiger partial charge in [0.2, 0.25) is 0 Å². The number of benzene rings is 3. The SMILES string of the molecule is Cc1n[nH]c2ccc(-c3cc(OC[C@@H](N)Cc4ccccc4)cnc3-c3ccc(O)cc3)cc12. The Bertz CT molecular complexity index is 1410. The van der Waals surface area contributed by atoms with E-state index in [1.165, 1.54) is 5.56 Å². The van der Waals surface area contributed by atoms with Crippen molar-refractivity contribution in [3.8, 4) is 33.9 Å². The van der Waals surface area contributed by atoms with Crippen LogP contribution in [0, 0.1) is 6.92 Å². The number of hydrogen-bond donors (Lipinski definition) is 3. The first kappa shape index (κ1) is 21.7. The van der Waals surface area contributed by atoms with Crippen LogP contribution >= 0.6 is 0 Å². The number of H-pyrrole nitrogens is 1. The van der Waals surface area contributed by atoms with Crippen molar-refractivity contribution >= 4 is 10.9 Å². The van der Waals surface area contributed by atoms with Crippen molar-refractivity contribution in [2.75, 3.05) is 6.61 Å². The highest BCUT2D eigenvalue weighted by Crippen LogP contribution is 2.35. The van der Waals surface area contributed by atoms with Crippen molar-refractivity contribution < 1.29 is 9.84 Å². The maximum absolute atomic E-state index is 9.72. The van der Waals surface area contributed by atoms with E-state index in [2.05, 4.69) is 28.4 Å². The molecule has 0 spiro atoms. The number of pyridine rings is 1. The van der Waals surface area contributed by atoms with Gasteiger partial charge in [-0.2, -0.15) is 5.10 Å². The second kappa shape index (κ2) is 9.37. The third-order valence-electron chi connectivity index (χ3n) is 5.87. The summed E-state index contributed by atoms with van der Waals surface area (Å²) in [6.07, 6.45) is 2.46. The van der Waals surface area contributed by atoms with Gasteiger partial charge in [-0.1, -0.05) is 36.4 Å². The molecular weight excluding hydrogens is 424 g/mol. The van der Waals surface area contributed by atoms with E-state index in [4.69, 9.17) is 15.5 Å². The molecule has 0 aliphatic heterocycles. The zero-order valence-corrected chi connectivity index (χ0v) is 18.9. The Kier molecular flexibility index (Phi) is 5.97. The Balaban J connectivity index is 1.47. The Morgan fingerprint density at radius 2 is 1.74 bits per heavy atom. The quantitative estimate of drug-likeness (QED) is 0.314. The molecule has 4 N–H and O–H groups in total. The average Bonchev–Trinajstić information content (AvgIpc) is 3.24. The van der Waals surface area contributed by atoms with Crippen molar-refractivity contribution in [2.45, 2.75) is 19.4 Å². The fraction of sp³-hybridized carbons (Fsp3) is 0.143. The third kappa shape index (κ3) is 4.63. The number of phenols is 1. The maximum Gasteiger partial charge on any atom is 0.138 e. The van der Waals surface area contributed by atoms with Gasteiger partial charge in [0.25, 0.3) is 0 Å². The molecule has 0 unspecified atom stereocenters. The van der Waals surface area contributed by atoms with Crippen molar-refractivity contribution in [1.82, 2.24) is 15.2 Å². The van der Waals surface area contributed by atoms with Crippen LogP contribution in [-0.2, 0) is 6.42 Å². The number of aromatic amines is 1. The van der Waals surface area contributed by atoms with E-state index in [1.54, 1.807) is 18.3 Å². The summed E-state index contributed by atoms with van der Waals surface area (Å²) in [5, 5.41) is 18.2. The predicted molar refractivity (Wildman–Crippen MR) is 135 cm³/mol. The van der Waals surface area contributed by atoms with Crippen molar-refractivity contribution in [2.24, 2.45) is 5.73 Å². The van der Waals surface area contributed by atoms with Gasteiger partial charge in [-0.05, 0) is 66.9 Å². The highest BCUT2D eigenvalue weighted by molar-refractivity contribution is 5.90. The molecule has 0 aliphatic rings. The van der Waals surface area contributed by atoms with E-state index >= 15 is 0 Å². The number of rotatable bonds is 7. The van der Waals surface area contributed by atoms with Crippen LogP contribution in [0.15, 0.2) is 85.1 Å². The molecule has 1 atom stereocenters. The van der Waals surface area contributed by atoms with Gasteiger partial charge in [-0.25, -0.2) is 0 Å². The van der Waals surface area contributed by atoms with Crippen molar-refractivity contribution in [1.29, 1.82) is 0 Å². The van der Waals surface area contributed by atoms with E-state index in [9.17, 15) is 5.11 Å². The third-order valence-corrected chi connectivity index (χ3v) is 5.87. The van der Waals surface area contributed by atoms with E-state index in [0.717, 1.165) is 45.4 Å². The number of ether oxygens (including phenoxy) is 1. The molecule has 6 heteroatoms. The molecule has 6 nitrogen and oxygen atoms in total. The molecule has 0 amide bonds. The summed E-state index contributed by atoms with van der Waals surface area (Å²) in [7, 11) is 0. The smallest absolute Gasteiger partial charge is 0.138 e. The Hall–Kier alpha value is -4.16. The summed E-state index contributed by atoms with van der Waals surface area (Å²) in [5.74, 6) is 0.873. The van der Waals surface area contributed by atoms with Crippen LogP contribution in [0.5, 0.6) is 11.5 Å². The van der Waals surface area contributed by atoms with Crippen LogP contribution in [0.1, 0.15) is 11.3 Å². The number of phenolic OH excluding ortho intramolecular Hbond substituents is 1. The fourth-order valence-corrected chi connectivity index (χ4v) is 4.09. The summed E-state index contributed by atoms with van der Waals surface area (Å²) in [5.41, 5.74) is 13.1. The number of aromatic hydroxyl groups is 1. The lowest BCUT2D eigenvalue weighted by molar-refractivity contribution is 0.287. The number of aryl methyl sites for hydroxylation is 1. The molecule has 2 aromatic heterocycles. The maximum atomic E-state index is 9.72. The zero-order chi connectivity index (χ0) is 23.5. The summed E-state index contributed by atoms with van der Waals surface area (Å²) >= 11 is 0. The van der Waals surface area contributed by atoms with Gasteiger partial charge >= 0.3 is 0 Å². The standard InChI is InChI=1S/C28H26N4O2/c1-18-25-14-21(9-12-27(25)32-31-18)26-15-24(16-30-28(26)20-7-10-23(33)11-8-20)34-17-22(29)13-19-5-3-2-4-6-19/h2-12,14-16,22,33H,13,17,29H2,1H3,(H,31,32)/t22-/m0/s1. The molecule has 0 saturated carbocycles. The predicted octanol–water partition coefficient (Wildman–Crippen LogP) is 5.25. The zero-order valence-electron chi connectivity index (χ0n) is 18.9. The molecule has 34 heavy (non-hydrogen) atoms. The molecule has 0 aliphatic carbocycles. The molecule has 2 heterocycles. The number of nitrogens with zero attached hydrogens (tertiary/aromatic N) is 2. The number of nitrogens with two attached hydrogens (primary N) is 1. The Morgan fingerprint density at radius 3 is 2.53 bits per heavy atom. The minimum atomic E-state index is -0.132. The van der Waals surface area contributed by atoms with Crippen LogP contribution in [0.4, 0.5) is 0 Å². The number of nitrogens with one attached hydrogen (secondary N) is 1. The molecule has 5 aromatic rings. The molecule has 3 aromatic carbocycles. The Morgan fingerprint density at radius 1 is 0.971 bits per heavy atom. The van der Waals surface area contributed by atoms with Gasteiger partial charge in [0.15, 0.2) is 0 Å². The highest BCUT2D eigenvalue weighted by atomic mass is 16.5. The summed E-state index contributed by atoms with van der Waals surface area (Å²) in [4.78, 5) is 4.74. The van der Waals surface area contributed by atoms with Gasteiger partial charge in [0, 0.05) is 22.6 Å². The molecule has 0 fully saturated rings. The normalized spacial score (nSPS) is 12.1. The monoisotopic (exact) mass is 450 g/mol. The number of hydrogen-bond acceptors (Lipinski definition) is 5. The second-order valence-electron chi connectivity index (χ2n) is 8.44. The van der Waals surface area contributed by atoms with E-state index in [1.807, 2.05) is 55.5 Å². The summed E-state index contributed by atoms with van der Waals surface area (Å²) < 4.78 is 6.06. The molecule has 0 saturated heterocycles. The molecule has 5 rings (SSSR count). The lowest BCUT2D eigenvalue weighted by Gasteiger charge is -2.16. The first-order valence-electron chi connectivity index (χ1n) is 11.2. The van der Waals surface area contributed by atoms with Gasteiger partial charge in [0.05, 0.1) is 23.1 Å². The number of aromatic nitrogens is 3. The van der Waals surface area contributed by atoms with Crippen molar-refractivity contribution in [3.63, 3.8) is 0 Å². The minimum Gasteiger partial charge on any atom is -0.508 e. The molecule has 170 valence electrons. The molecule has 0 bridgehead atoms.